The first-order valence-electron chi connectivity index (χ1n) is 7.26. The predicted octanol–water partition coefficient (Wildman–Crippen LogP) is 3.29. The molecule has 0 unspecified atom stereocenters. The maximum absolute atomic E-state index is 13.7. The van der Waals surface area contributed by atoms with Crippen molar-refractivity contribution in [3.63, 3.8) is 0 Å². The SMILES string of the molecule is C=C1C(=N)N(C)C(=C)c2ccc(F)cc2COc2cc1cnc2N. The van der Waals surface area contributed by atoms with E-state index in [1.54, 1.807) is 30.3 Å². The van der Waals surface area contributed by atoms with Crippen LogP contribution in [-0.2, 0) is 6.61 Å². The molecule has 6 heteroatoms. The number of fused-ring (bicyclic) bond motifs is 3. The average Bonchev–Trinajstić information content (AvgIpc) is 2.58. The largest absolute Gasteiger partial charge is 0.485 e. The van der Waals surface area contributed by atoms with Crippen LogP contribution in [0.1, 0.15) is 16.7 Å². The number of amidine groups is 1. The molecule has 2 aromatic rings. The first kappa shape index (κ1) is 15.7. The van der Waals surface area contributed by atoms with Gasteiger partial charge in [-0.15, -0.1) is 0 Å². The zero-order chi connectivity index (χ0) is 17.4. The molecule has 2 heterocycles. The summed E-state index contributed by atoms with van der Waals surface area (Å²) in [4.78, 5) is 5.69. The van der Waals surface area contributed by atoms with E-state index in [9.17, 15) is 4.39 Å². The average molecular weight is 324 g/mol. The van der Waals surface area contributed by atoms with Gasteiger partial charge in [0, 0.05) is 41.2 Å². The molecule has 0 amide bonds. The molecule has 0 radical (unpaired) electrons. The van der Waals surface area contributed by atoms with E-state index in [0.717, 1.165) is 0 Å². The molecule has 5 nitrogen and oxygen atoms in total. The number of rotatable bonds is 0. The zero-order valence-electron chi connectivity index (χ0n) is 13.3. The van der Waals surface area contributed by atoms with Gasteiger partial charge in [-0.1, -0.05) is 13.2 Å². The van der Waals surface area contributed by atoms with Crippen LogP contribution in [0, 0.1) is 11.2 Å². The Morgan fingerprint density at radius 3 is 2.83 bits per heavy atom. The van der Waals surface area contributed by atoms with Crippen LogP contribution in [0.5, 0.6) is 5.75 Å². The molecule has 1 aromatic heterocycles. The molecule has 3 rings (SSSR count). The molecule has 0 saturated carbocycles. The number of anilines is 1. The molecule has 0 saturated heterocycles. The fourth-order valence-corrected chi connectivity index (χ4v) is 2.51. The van der Waals surface area contributed by atoms with Crippen LogP contribution >= 0.6 is 0 Å². The van der Waals surface area contributed by atoms with Gasteiger partial charge in [-0.3, -0.25) is 5.41 Å². The van der Waals surface area contributed by atoms with Crippen LogP contribution in [-0.4, -0.2) is 22.8 Å². The summed E-state index contributed by atoms with van der Waals surface area (Å²) >= 11 is 0. The number of hydrogen-bond donors (Lipinski definition) is 2. The Morgan fingerprint density at radius 2 is 2.08 bits per heavy atom. The van der Waals surface area contributed by atoms with Crippen molar-refractivity contribution in [2.24, 2.45) is 0 Å². The number of halogens is 1. The number of nitrogens with two attached hydrogens (primary N) is 1. The second kappa shape index (κ2) is 5.81. The summed E-state index contributed by atoms with van der Waals surface area (Å²) in [5.74, 6) is 0.381. The van der Waals surface area contributed by atoms with Crippen molar-refractivity contribution in [3.05, 3.63) is 66.1 Å². The number of likely N-dealkylation sites (N-methyl/N-ethyl adjacent to an activating group) is 1. The summed E-state index contributed by atoms with van der Waals surface area (Å²) in [6, 6.07) is 6.04. The van der Waals surface area contributed by atoms with Gasteiger partial charge >= 0.3 is 0 Å². The second-order valence-corrected chi connectivity index (χ2v) is 5.53. The first-order valence-corrected chi connectivity index (χ1v) is 7.26. The maximum Gasteiger partial charge on any atom is 0.166 e. The van der Waals surface area contributed by atoms with Gasteiger partial charge in [0.05, 0.1) is 0 Å². The number of ether oxygens (including phenoxy) is 1. The highest BCUT2D eigenvalue weighted by atomic mass is 19.1. The van der Waals surface area contributed by atoms with E-state index >= 15 is 0 Å². The summed E-state index contributed by atoms with van der Waals surface area (Å²) < 4.78 is 19.4. The van der Waals surface area contributed by atoms with Gasteiger partial charge in [0.15, 0.2) is 11.6 Å². The van der Waals surface area contributed by atoms with Crippen molar-refractivity contribution in [2.75, 3.05) is 12.8 Å². The minimum Gasteiger partial charge on any atom is -0.485 e. The molecule has 0 atom stereocenters. The Kier molecular flexibility index (Phi) is 3.81. The zero-order valence-corrected chi connectivity index (χ0v) is 13.3. The Labute approximate surface area is 139 Å². The van der Waals surface area contributed by atoms with Crippen molar-refractivity contribution in [1.29, 1.82) is 5.41 Å². The van der Waals surface area contributed by atoms with E-state index < -0.39 is 0 Å². The Balaban J connectivity index is 2.18. The van der Waals surface area contributed by atoms with Crippen LogP contribution in [0.25, 0.3) is 11.3 Å². The van der Waals surface area contributed by atoms with E-state index in [1.807, 2.05) is 0 Å². The summed E-state index contributed by atoms with van der Waals surface area (Å²) in [5, 5.41) is 8.37. The molecule has 0 aliphatic carbocycles. The standard InChI is InChI=1S/C18H17FN4O/c1-10-12-7-16(17(20)22-8-12)24-9-13-6-14(19)4-5-15(13)11(2)23(3)18(10)21/h4-8,21H,1-2,9H2,3H3,(H2,20,22). The lowest BCUT2D eigenvalue weighted by Crippen LogP contribution is -2.25. The van der Waals surface area contributed by atoms with Gasteiger partial charge in [-0.25, -0.2) is 9.37 Å². The van der Waals surface area contributed by atoms with E-state index in [1.165, 1.54) is 12.1 Å². The van der Waals surface area contributed by atoms with Gasteiger partial charge in [0.1, 0.15) is 18.3 Å². The van der Waals surface area contributed by atoms with Crippen molar-refractivity contribution in [3.8, 4) is 5.75 Å². The number of benzene rings is 1. The van der Waals surface area contributed by atoms with E-state index in [-0.39, 0.29) is 24.1 Å². The number of nitrogens with one attached hydrogen (secondary N) is 1. The van der Waals surface area contributed by atoms with Crippen molar-refractivity contribution < 1.29 is 9.13 Å². The lowest BCUT2D eigenvalue weighted by atomic mass is 10.0. The van der Waals surface area contributed by atoms with Crippen LogP contribution in [0.3, 0.4) is 0 Å². The molecule has 1 aliphatic heterocycles. The Bertz CT molecular complexity index is 875. The lowest BCUT2D eigenvalue weighted by Gasteiger charge is -2.24. The van der Waals surface area contributed by atoms with Gasteiger partial charge < -0.3 is 15.4 Å². The molecule has 3 N–H and O–H groups in total. The summed E-state index contributed by atoms with van der Waals surface area (Å²) in [7, 11) is 1.72. The third-order valence-electron chi connectivity index (χ3n) is 4.02. The highest BCUT2D eigenvalue weighted by molar-refractivity contribution is 6.22. The molecular formula is C18H17FN4O. The number of hydrogen-bond acceptors (Lipinski definition) is 4. The Morgan fingerprint density at radius 1 is 1.33 bits per heavy atom. The monoisotopic (exact) mass is 324 g/mol. The summed E-state index contributed by atoms with van der Waals surface area (Å²) in [5.41, 5.74) is 8.78. The quantitative estimate of drug-likeness (QED) is 0.780. The van der Waals surface area contributed by atoms with Crippen LogP contribution in [0.15, 0.2) is 43.6 Å². The van der Waals surface area contributed by atoms with Gasteiger partial charge in [0.25, 0.3) is 0 Å². The molecule has 0 fully saturated rings. The smallest absolute Gasteiger partial charge is 0.166 e. The molecule has 1 aliphatic rings. The van der Waals surface area contributed by atoms with E-state index in [2.05, 4.69) is 18.1 Å². The second-order valence-electron chi connectivity index (χ2n) is 5.53. The molecule has 122 valence electrons. The Hall–Kier alpha value is -3.15. The highest BCUT2D eigenvalue weighted by Crippen LogP contribution is 2.30. The third kappa shape index (κ3) is 2.62. The van der Waals surface area contributed by atoms with Gasteiger partial charge in [0.2, 0.25) is 0 Å². The number of pyridine rings is 1. The summed E-state index contributed by atoms with van der Waals surface area (Å²) in [6.45, 7) is 8.09. The van der Waals surface area contributed by atoms with Crippen LogP contribution < -0.4 is 10.5 Å². The molecule has 2 bridgehead atoms. The van der Waals surface area contributed by atoms with E-state index in [0.29, 0.717) is 33.7 Å². The molecule has 24 heavy (non-hydrogen) atoms. The fourth-order valence-electron chi connectivity index (χ4n) is 2.51. The highest BCUT2D eigenvalue weighted by Gasteiger charge is 2.20. The molecular weight excluding hydrogens is 307 g/mol. The first-order chi connectivity index (χ1) is 11.4. The van der Waals surface area contributed by atoms with Gasteiger partial charge in [-0.2, -0.15) is 0 Å². The van der Waals surface area contributed by atoms with Crippen LogP contribution in [0.4, 0.5) is 10.2 Å². The minimum absolute atomic E-state index is 0.106. The maximum atomic E-state index is 13.7. The summed E-state index contributed by atoms with van der Waals surface area (Å²) in [6.07, 6.45) is 1.54. The molecule has 1 aromatic carbocycles. The van der Waals surface area contributed by atoms with Crippen LogP contribution in [0.2, 0.25) is 0 Å². The van der Waals surface area contributed by atoms with E-state index in [4.69, 9.17) is 15.9 Å². The van der Waals surface area contributed by atoms with Crippen molar-refractivity contribution in [1.82, 2.24) is 9.88 Å². The normalized spacial score (nSPS) is 14.8. The lowest BCUT2D eigenvalue weighted by molar-refractivity contribution is 0.306. The number of aromatic nitrogens is 1. The third-order valence-corrected chi connectivity index (χ3v) is 4.02. The number of nitrogen functional groups attached to an aromatic ring is 1. The van der Waals surface area contributed by atoms with Gasteiger partial charge in [-0.05, 0) is 24.3 Å². The number of nitrogens with zero attached hydrogens (tertiary/aromatic N) is 2. The topological polar surface area (TPSA) is 75.2 Å². The minimum atomic E-state index is -0.373. The predicted molar refractivity (Wildman–Crippen MR) is 92.9 cm³/mol. The fraction of sp³-hybridized carbons (Fsp3) is 0.111. The van der Waals surface area contributed by atoms with Crippen molar-refractivity contribution in [2.45, 2.75) is 6.61 Å². The molecule has 0 spiro atoms. The van der Waals surface area contributed by atoms with Crippen molar-refractivity contribution >= 4 is 22.9 Å².